The number of hydrogen-bond acceptors (Lipinski definition) is 3. The molecule has 74 valence electrons. The zero-order chi connectivity index (χ0) is 10.3. The summed E-state index contributed by atoms with van der Waals surface area (Å²) >= 11 is 0. The molecule has 0 aromatic heterocycles. The monoisotopic (exact) mass is 185 g/mol. The van der Waals surface area contributed by atoms with Gasteiger partial charge in [-0.2, -0.15) is 0 Å². The fourth-order valence-electron chi connectivity index (χ4n) is 0.700. The molecule has 0 aliphatic heterocycles. The second-order valence-corrected chi connectivity index (χ2v) is 2.87. The van der Waals surface area contributed by atoms with Crippen LogP contribution in [-0.2, 0) is 14.4 Å². The molecule has 0 unspecified atom stereocenters. The van der Waals surface area contributed by atoms with E-state index in [1.54, 1.807) is 6.92 Å². The Morgan fingerprint density at radius 3 is 2.23 bits per heavy atom. The molecular weight excluding hydrogens is 170 g/mol. The van der Waals surface area contributed by atoms with Crippen molar-refractivity contribution in [2.24, 2.45) is 0 Å². The van der Waals surface area contributed by atoms with Crippen LogP contribution in [0.25, 0.3) is 0 Å². The number of rotatable bonds is 6. The van der Waals surface area contributed by atoms with Crippen molar-refractivity contribution >= 4 is 17.5 Å². The van der Waals surface area contributed by atoms with E-state index >= 15 is 0 Å². The van der Waals surface area contributed by atoms with Crippen LogP contribution in [0, 0.1) is 0 Å². The number of amides is 1. The third-order valence-corrected chi connectivity index (χ3v) is 1.58. The lowest BCUT2D eigenvalue weighted by atomic mass is 10.2. The number of Topliss-reactive ketones (excluding diaryl/α,β-unsaturated/α-hetero) is 2. The molecule has 0 spiro atoms. The summed E-state index contributed by atoms with van der Waals surface area (Å²) in [5.41, 5.74) is 0. The number of carbonyl (C=O) groups excluding carboxylic acids is 3. The Hall–Kier alpha value is -1.19. The number of ketones is 2. The van der Waals surface area contributed by atoms with E-state index in [0.29, 0.717) is 6.42 Å². The second-order valence-electron chi connectivity index (χ2n) is 2.87. The molecule has 1 N–H and O–H groups in total. The van der Waals surface area contributed by atoms with E-state index in [1.807, 2.05) is 0 Å². The van der Waals surface area contributed by atoms with Gasteiger partial charge in [0.05, 0.1) is 6.54 Å². The Kier molecular flexibility index (Phi) is 5.76. The van der Waals surface area contributed by atoms with Gasteiger partial charge in [-0.15, -0.1) is 0 Å². The third kappa shape index (κ3) is 7.18. The Morgan fingerprint density at radius 2 is 1.77 bits per heavy atom. The molecule has 0 fully saturated rings. The fourth-order valence-corrected chi connectivity index (χ4v) is 0.700. The molecule has 0 bridgehead atoms. The second kappa shape index (κ2) is 6.34. The van der Waals surface area contributed by atoms with Gasteiger partial charge in [0.25, 0.3) is 0 Å². The highest BCUT2D eigenvalue weighted by atomic mass is 16.2. The van der Waals surface area contributed by atoms with Gasteiger partial charge in [-0.25, -0.2) is 0 Å². The van der Waals surface area contributed by atoms with Gasteiger partial charge in [0, 0.05) is 19.3 Å². The molecule has 0 saturated carbocycles. The van der Waals surface area contributed by atoms with Crippen LogP contribution < -0.4 is 5.32 Å². The van der Waals surface area contributed by atoms with Crippen LogP contribution >= 0.6 is 0 Å². The Bertz CT molecular complexity index is 211. The van der Waals surface area contributed by atoms with Gasteiger partial charge in [-0.05, 0) is 6.92 Å². The maximum absolute atomic E-state index is 11.0. The zero-order valence-corrected chi connectivity index (χ0v) is 8.05. The summed E-state index contributed by atoms with van der Waals surface area (Å²) in [5.74, 6) is -0.259. The van der Waals surface area contributed by atoms with E-state index in [4.69, 9.17) is 0 Å². The zero-order valence-electron chi connectivity index (χ0n) is 8.05. The molecule has 1 amide bonds. The minimum atomic E-state index is -0.239. The van der Waals surface area contributed by atoms with Crippen LogP contribution in [0.4, 0.5) is 0 Å². The highest BCUT2D eigenvalue weighted by Gasteiger charge is 2.04. The van der Waals surface area contributed by atoms with Gasteiger partial charge in [-0.3, -0.25) is 9.59 Å². The van der Waals surface area contributed by atoms with Crippen LogP contribution in [-0.4, -0.2) is 24.0 Å². The summed E-state index contributed by atoms with van der Waals surface area (Å²) in [6.07, 6.45) is 0.839. The molecule has 0 aliphatic rings. The van der Waals surface area contributed by atoms with Crippen LogP contribution in [0.5, 0.6) is 0 Å². The van der Waals surface area contributed by atoms with Gasteiger partial charge >= 0.3 is 0 Å². The third-order valence-electron chi connectivity index (χ3n) is 1.58. The first-order valence-corrected chi connectivity index (χ1v) is 4.34. The topological polar surface area (TPSA) is 63.2 Å². The smallest absolute Gasteiger partial charge is 0.220 e. The summed E-state index contributed by atoms with van der Waals surface area (Å²) in [5, 5.41) is 2.45. The van der Waals surface area contributed by atoms with E-state index in [2.05, 4.69) is 5.32 Å². The first kappa shape index (κ1) is 11.8. The molecule has 0 aromatic rings. The standard InChI is InChI=1S/C9H15NO3/c1-3-8(12)6-10-9(13)5-4-7(2)11/h3-6H2,1-2H3,(H,10,13). The summed E-state index contributed by atoms with van der Waals surface area (Å²) < 4.78 is 0. The quantitative estimate of drug-likeness (QED) is 0.653. The minimum absolute atomic E-state index is 0.00354. The van der Waals surface area contributed by atoms with Crippen molar-refractivity contribution in [3.8, 4) is 0 Å². The van der Waals surface area contributed by atoms with Crippen LogP contribution in [0.3, 0.4) is 0 Å². The SMILES string of the molecule is CCC(=O)CNC(=O)CCC(C)=O. The van der Waals surface area contributed by atoms with E-state index in [9.17, 15) is 14.4 Å². The lowest BCUT2D eigenvalue weighted by Crippen LogP contribution is -2.29. The summed E-state index contributed by atoms with van der Waals surface area (Å²) in [6.45, 7) is 3.25. The van der Waals surface area contributed by atoms with Gasteiger partial charge < -0.3 is 10.1 Å². The van der Waals surface area contributed by atoms with Crippen molar-refractivity contribution < 1.29 is 14.4 Å². The molecule has 4 nitrogen and oxygen atoms in total. The van der Waals surface area contributed by atoms with Gasteiger partial charge in [0.1, 0.15) is 5.78 Å². The molecule has 0 radical (unpaired) electrons. The first-order valence-electron chi connectivity index (χ1n) is 4.34. The lowest BCUT2D eigenvalue weighted by molar-refractivity contribution is -0.126. The van der Waals surface area contributed by atoms with Crippen molar-refractivity contribution in [3.05, 3.63) is 0 Å². The lowest BCUT2D eigenvalue weighted by Gasteiger charge is -2.01. The molecule has 0 atom stereocenters. The number of hydrogen-bond donors (Lipinski definition) is 1. The average molecular weight is 185 g/mol. The number of carbonyl (C=O) groups is 3. The van der Waals surface area contributed by atoms with E-state index in [1.165, 1.54) is 6.92 Å². The highest BCUT2D eigenvalue weighted by molar-refractivity contribution is 5.87. The first-order chi connectivity index (χ1) is 6.06. The molecule has 0 aliphatic carbocycles. The van der Waals surface area contributed by atoms with E-state index < -0.39 is 0 Å². The molecule has 0 rings (SSSR count). The molecule has 0 heterocycles. The van der Waals surface area contributed by atoms with Crippen LogP contribution in [0.2, 0.25) is 0 Å². The van der Waals surface area contributed by atoms with Gasteiger partial charge in [0.2, 0.25) is 5.91 Å². The van der Waals surface area contributed by atoms with Gasteiger partial charge in [0.15, 0.2) is 5.78 Å². The van der Waals surface area contributed by atoms with Crippen molar-refractivity contribution in [1.82, 2.24) is 5.32 Å². The predicted octanol–water partition coefficient (Wildman–Crippen LogP) is 0.451. The number of nitrogens with one attached hydrogen (secondary N) is 1. The largest absolute Gasteiger partial charge is 0.349 e. The minimum Gasteiger partial charge on any atom is -0.349 e. The summed E-state index contributed by atoms with van der Waals surface area (Å²) in [6, 6.07) is 0. The van der Waals surface area contributed by atoms with Gasteiger partial charge in [-0.1, -0.05) is 6.92 Å². The molecule has 4 heteroatoms. The molecule has 0 aromatic carbocycles. The maximum atomic E-state index is 11.0. The molecule has 13 heavy (non-hydrogen) atoms. The van der Waals surface area contributed by atoms with Crippen LogP contribution in [0.15, 0.2) is 0 Å². The normalized spacial score (nSPS) is 9.38. The average Bonchev–Trinajstić information content (AvgIpc) is 2.10. The Balaban J connectivity index is 3.52. The molecule has 0 saturated heterocycles. The Morgan fingerprint density at radius 1 is 1.15 bits per heavy atom. The van der Waals surface area contributed by atoms with E-state index in [0.717, 1.165) is 0 Å². The predicted molar refractivity (Wildman–Crippen MR) is 48.2 cm³/mol. The van der Waals surface area contributed by atoms with Crippen molar-refractivity contribution in [3.63, 3.8) is 0 Å². The van der Waals surface area contributed by atoms with Crippen molar-refractivity contribution in [2.75, 3.05) is 6.54 Å². The van der Waals surface area contributed by atoms with E-state index in [-0.39, 0.29) is 36.9 Å². The fraction of sp³-hybridized carbons (Fsp3) is 0.667. The summed E-state index contributed by atoms with van der Waals surface area (Å²) in [7, 11) is 0. The Labute approximate surface area is 77.7 Å². The molecular formula is C9H15NO3. The van der Waals surface area contributed by atoms with Crippen molar-refractivity contribution in [1.29, 1.82) is 0 Å². The summed E-state index contributed by atoms with van der Waals surface area (Å²) in [4.78, 5) is 32.2. The van der Waals surface area contributed by atoms with Crippen molar-refractivity contribution in [2.45, 2.75) is 33.1 Å². The highest BCUT2D eigenvalue weighted by Crippen LogP contribution is 1.89. The maximum Gasteiger partial charge on any atom is 0.220 e. The van der Waals surface area contributed by atoms with Crippen LogP contribution in [0.1, 0.15) is 33.1 Å².